The molecule has 7 nitrogen and oxygen atoms in total. The summed E-state index contributed by atoms with van der Waals surface area (Å²) in [5.41, 5.74) is 2.18. The number of hydrogen-bond acceptors (Lipinski definition) is 5. The molecule has 0 atom stereocenters. The van der Waals surface area contributed by atoms with E-state index in [-0.39, 0.29) is 5.91 Å². The average molecular weight is 415 g/mol. The summed E-state index contributed by atoms with van der Waals surface area (Å²) in [7, 11) is 0. The van der Waals surface area contributed by atoms with Crippen LogP contribution in [-0.4, -0.2) is 35.9 Å². The molecular formula is C21H19ClN2O5. The number of hydrazone groups is 1. The molecule has 0 unspecified atom stereocenters. The van der Waals surface area contributed by atoms with Gasteiger partial charge in [-0.2, -0.15) is 10.1 Å². The minimum absolute atomic E-state index is 0.292. The second kappa shape index (κ2) is 8.79. The Morgan fingerprint density at radius 1 is 1.21 bits per heavy atom. The van der Waals surface area contributed by atoms with Crippen molar-refractivity contribution in [1.29, 1.82) is 0 Å². The molecular weight excluding hydrogens is 396 g/mol. The van der Waals surface area contributed by atoms with E-state index in [9.17, 15) is 9.59 Å². The number of carboxylic acids is 1. The first kappa shape index (κ1) is 20.4. The highest BCUT2D eigenvalue weighted by atomic mass is 35.5. The number of benzene rings is 2. The smallest absolute Gasteiger partial charge is 0.341 e. The monoisotopic (exact) mass is 414 g/mol. The number of rotatable bonds is 7. The number of anilines is 1. The van der Waals surface area contributed by atoms with Crippen LogP contribution in [0.15, 0.2) is 53.1 Å². The number of ether oxygens (including phenoxy) is 2. The van der Waals surface area contributed by atoms with Crippen molar-refractivity contribution in [1.82, 2.24) is 0 Å². The van der Waals surface area contributed by atoms with Gasteiger partial charge in [-0.15, -0.1) is 0 Å². The lowest BCUT2D eigenvalue weighted by Crippen LogP contribution is -2.21. The van der Waals surface area contributed by atoms with Crippen molar-refractivity contribution in [2.24, 2.45) is 5.10 Å². The van der Waals surface area contributed by atoms with Crippen molar-refractivity contribution in [3.8, 4) is 11.5 Å². The van der Waals surface area contributed by atoms with Gasteiger partial charge in [0.25, 0.3) is 5.91 Å². The van der Waals surface area contributed by atoms with Gasteiger partial charge in [0.15, 0.2) is 18.1 Å². The van der Waals surface area contributed by atoms with Crippen LogP contribution in [-0.2, 0) is 9.59 Å². The summed E-state index contributed by atoms with van der Waals surface area (Å²) in [5.74, 6) is -0.662. The topological polar surface area (TPSA) is 88.4 Å². The van der Waals surface area contributed by atoms with Gasteiger partial charge in [0.1, 0.15) is 0 Å². The molecule has 0 radical (unpaired) electrons. The van der Waals surface area contributed by atoms with Gasteiger partial charge in [-0.05, 0) is 49.8 Å². The van der Waals surface area contributed by atoms with Crippen LogP contribution in [0.4, 0.5) is 5.69 Å². The van der Waals surface area contributed by atoms with E-state index in [0.29, 0.717) is 45.7 Å². The predicted molar refractivity (Wildman–Crippen MR) is 111 cm³/mol. The largest absolute Gasteiger partial charge is 0.490 e. The molecule has 0 bridgehead atoms. The quantitative estimate of drug-likeness (QED) is 0.691. The predicted octanol–water partition coefficient (Wildman–Crippen LogP) is 4.01. The fraction of sp³-hybridized carbons (Fsp3) is 0.190. The molecule has 0 saturated carbocycles. The molecule has 1 N–H and O–H groups in total. The Kier molecular flexibility index (Phi) is 6.19. The van der Waals surface area contributed by atoms with E-state index in [0.717, 1.165) is 0 Å². The average Bonchev–Trinajstić information content (AvgIpc) is 2.96. The zero-order chi connectivity index (χ0) is 21.0. The van der Waals surface area contributed by atoms with E-state index in [2.05, 4.69) is 5.10 Å². The fourth-order valence-corrected chi connectivity index (χ4v) is 3.00. The molecule has 8 heteroatoms. The number of carboxylic acid groups (broad SMARTS) is 1. The Hall–Kier alpha value is -3.32. The van der Waals surface area contributed by atoms with E-state index in [4.69, 9.17) is 26.2 Å². The van der Waals surface area contributed by atoms with Crippen molar-refractivity contribution in [3.63, 3.8) is 0 Å². The van der Waals surface area contributed by atoms with Crippen LogP contribution in [0.25, 0.3) is 6.08 Å². The SMILES string of the molecule is CCOc1cc(/C=C2/C(=O)N(c3ccccc3Cl)N=C2C)ccc1OCC(=O)O. The Labute approximate surface area is 172 Å². The van der Waals surface area contributed by atoms with Gasteiger partial charge in [0.2, 0.25) is 0 Å². The highest BCUT2D eigenvalue weighted by Crippen LogP contribution is 2.32. The zero-order valence-electron chi connectivity index (χ0n) is 15.9. The van der Waals surface area contributed by atoms with Crippen molar-refractivity contribution < 1.29 is 24.2 Å². The Morgan fingerprint density at radius 2 is 1.97 bits per heavy atom. The van der Waals surface area contributed by atoms with Crippen LogP contribution >= 0.6 is 11.6 Å². The van der Waals surface area contributed by atoms with Gasteiger partial charge < -0.3 is 14.6 Å². The molecule has 0 spiro atoms. The summed E-state index contributed by atoms with van der Waals surface area (Å²) in [4.78, 5) is 23.6. The van der Waals surface area contributed by atoms with Gasteiger partial charge in [0, 0.05) is 0 Å². The first-order chi connectivity index (χ1) is 13.9. The molecule has 2 aromatic carbocycles. The van der Waals surface area contributed by atoms with Gasteiger partial charge in [-0.1, -0.05) is 29.8 Å². The molecule has 0 saturated heterocycles. The van der Waals surface area contributed by atoms with Crippen LogP contribution in [0.5, 0.6) is 11.5 Å². The molecule has 1 aliphatic heterocycles. The molecule has 150 valence electrons. The van der Waals surface area contributed by atoms with Gasteiger partial charge in [-0.25, -0.2) is 4.79 Å². The van der Waals surface area contributed by atoms with Crippen LogP contribution in [0.1, 0.15) is 19.4 Å². The Morgan fingerprint density at radius 3 is 2.66 bits per heavy atom. The third-order valence-corrected chi connectivity index (χ3v) is 4.39. The molecule has 0 aliphatic carbocycles. The van der Waals surface area contributed by atoms with Crippen molar-refractivity contribution in [3.05, 3.63) is 58.6 Å². The third kappa shape index (κ3) is 4.57. The molecule has 3 rings (SSSR count). The second-order valence-corrected chi connectivity index (χ2v) is 6.54. The van der Waals surface area contributed by atoms with Gasteiger partial charge in [-0.3, -0.25) is 4.79 Å². The highest BCUT2D eigenvalue weighted by Gasteiger charge is 2.29. The van der Waals surface area contributed by atoms with Crippen LogP contribution < -0.4 is 14.5 Å². The number of nitrogens with zero attached hydrogens (tertiary/aromatic N) is 2. The molecule has 2 aromatic rings. The van der Waals surface area contributed by atoms with Crippen molar-refractivity contribution in [2.45, 2.75) is 13.8 Å². The number of halogens is 1. The lowest BCUT2D eigenvalue weighted by Gasteiger charge is -2.13. The molecule has 1 heterocycles. The van der Waals surface area contributed by atoms with Gasteiger partial charge in [0.05, 0.1) is 28.6 Å². The lowest BCUT2D eigenvalue weighted by molar-refractivity contribution is -0.139. The van der Waals surface area contributed by atoms with E-state index < -0.39 is 12.6 Å². The van der Waals surface area contributed by atoms with E-state index in [1.54, 1.807) is 55.5 Å². The normalized spacial score (nSPS) is 14.9. The molecule has 1 amide bonds. The first-order valence-corrected chi connectivity index (χ1v) is 9.26. The number of carbonyl (C=O) groups is 2. The molecule has 29 heavy (non-hydrogen) atoms. The number of carbonyl (C=O) groups excluding carboxylic acids is 1. The number of para-hydroxylation sites is 1. The maximum atomic E-state index is 12.9. The molecule has 1 aliphatic rings. The maximum Gasteiger partial charge on any atom is 0.341 e. The highest BCUT2D eigenvalue weighted by molar-refractivity contribution is 6.37. The standard InChI is InChI=1S/C21H19ClN2O5/c1-3-28-19-11-14(8-9-18(19)29-12-20(25)26)10-15-13(2)23-24(21(15)27)17-7-5-4-6-16(17)22/h4-11H,3,12H2,1-2H3,(H,25,26)/b15-10+. The lowest BCUT2D eigenvalue weighted by atomic mass is 10.1. The van der Waals surface area contributed by atoms with Crippen molar-refractivity contribution in [2.75, 3.05) is 18.2 Å². The van der Waals surface area contributed by atoms with E-state index >= 15 is 0 Å². The Bertz CT molecular complexity index is 1020. The maximum absolute atomic E-state index is 12.9. The second-order valence-electron chi connectivity index (χ2n) is 6.13. The first-order valence-electron chi connectivity index (χ1n) is 8.88. The van der Waals surface area contributed by atoms with Gasteiger partial charge >= 0.3 is 5.97 Å². The summed E-state index contributed by atoms with van der Waals surface area (Å²) in [6.45, 7) is 3.46. The minimum atomic E-state index is -1.08. The van der Waals surface area contributed by atoms with E-state index in [1.165, 1.54) is 5.01 Å². The van der Waals surface area contributed by atoms with Crippen molar-refractivity contribution >= 4 is 41.0 Å². The molecule has 0 fully saturated rings. The summed E-state index contributed by atoms with van der Waals surface area (Å²) in [5, 5.41) is 14.8. The number of aliphatic carboxylic acids is 1. The Balaban J connectivity index is 1.90. The molecule has 0 aromatic heterocycles. The van der Waals surface area contributed by atoms with Crippen LogP contribution in [0.2, 0.25) is 5.02 Å². The summed E-state index contributed by atoms with van der Waals surface area (Å²) in [6.07, 6.45) is 1.70. The van der Waals surface area contributed by atoms with Crippen LogP contribution in [0, 0.1) is 0 Å². The summed E-state index contributed by atoms with van der Waals surface area (Å²) < 4.78 is 10.8. The third-order valence-electron chi connectivity index (χ3n) is 4.07. The van der Waals surface area contributed by atoms with E-state index in [1.807, 2.05) is 6.92 Å². The number of hydrogen-bond donors (Lipinski definition) is 1. The summed E-state index contributed by atoms with van der Waals surface area (Å²) in [6, 6.07) is 12.0. The minimum Gasteiger partial charge on any atom is -0.490 e. The zero-order valence-corrected chi connectivity index (χ0v) is 16.6. The van der Waals surface area contributed by atoms with Crippen LogP contribution in [0.3, 0.4) is 0 Å². The fourth-order valence-electron chi connectivity index (χ4n) is 2.78. The summed E-state index contributed by atoms with van der Waals surface area (Å²) >= 11 is 6.20. The number of amides is 1.